The molecule has 3 rings (SSSR count). The summed E-state index contributed by atoms with van der Waals surface area (Å²) in [5.41, 5.74) is 2.76. The van der Waals surface area contributed by atoms with Gasteiger partial charge in [-0.2, -0.15) is 0 Å². The fraction of sp³-hybridized carbons (Fsp3) is 0.174. The zero-order chi connectivity index (χ0) is 19.9. The highest BCUT2D eigenvalue weighted by Gasteiger charge is 2.14. The highest BCUT2D eigenvalue weighted by Crippen LogP contribution is 2.26. The number of nitrogens with one attached hydrogen (secondary N) is 1. The van der Waals surface area contributed by atoms with E-state index in [1.807, 2.05) is 79.7 Å². The second-order valence-electron chi connectivity index (χ2n) is 6.38. The second kappa shape index (κ2) is 9.67. The molecule has 0 aromatic heterocycles. The highest BCUT2D eigenvalue weighted by molar-refractivity contribution is 7.98. The highest BCUT2D eigenvalue weighted by atomic mass is 35.5. The third kappa shape index (κ3) is 5.31. The zero-order valence-corrected chi connectivity index (χ0v) is 17.4. The molecule has 0 aliphatic carbocycles. The van der Waals surface area contributed by atoms with Crippen LogP contribution in [0.15, 0.2) is 77.7 Å². The number of carbonyl (C=O) groups excluding carboxylic acids is 1. The third-order valence-electron chi connectivity index (χ3n) is 4.39. The van der Waals surface area contributed by atoms with Crippen LogP contribution in [-0.2, 0) is 5.75 Å². The van der Waals surface area contributed by atoms with Crippen molar-refractivity contribution in [2.45, 2.75) is 23.6 Å². The summed E-state index contributed by atoms with van der Waals surface area (Å²) in [6.07, 6.45) is 0. The van der Waals surface area contributed by atoms with Crippen LogP contribution in [0.3, 0.4) is 0 Å². The van der Waals surface area contributed by atoms with Crippen molar-refractivity contribution >= 4 is 29.3 Å². The molecule has 1 atom stereocenters. The second-order valence-corrected chi connectivity index (χ2v) is 7.86. The maximum absolute atomic E-state index is 12.6. The Labute approximate surface area is 175 Å². The molecule has 0 fully saturated rings. The predicted molar refractivity (Wildman–Crippen MR) is 116 cm³/mol. The largest absolute Gasteiger partial charge is 0.496 e. The van der Waals surface area contributed by atoms with Crippen molar-refractivity contribution in [2.75, 3.05) is 7.11 Å². The van der Waals surface area contributed by atoms with Gasteiger partial charge in [0.25, 0.3) is 5.91 Å². The Hall–Kier alpha value is -2.43. The van der Waals surface area contributed by atoms with Gasteiger partial charge in [0.15, 0.2) is 0 Å². The number of benzene rings is 3. The van der Waals surface area contributed by atoms with Crippen LogP contribution in [0.25, 0.3) is 0 Å². The number of carbonyl (C=O) groups is 1. The van der Waals surface area contributed by atoms with E-state index in [4.69, 9.17) is 16.3 Å². The van der Waals surface area contributed by atoms with Crippen molar-refractivity contribution in [2.24, 2.45) is 0 Å². The van der Waals surface area contributed by atoms with Gasteiger partial charge in [-0.25, -0.2) is 0 Å². The molecular weight excluding hydrogens is 390 g/mol. The first kappa shape index (κ1) is 20.3. The van der Waals surface area contributed by atoms with E-state index in [9.17, 15) is 4.79 Å². The van der Waals surface area contributed by atoms with Gasteiger partial charge in [0.1, 0.15) is 5.75 Å². The number of halogens is 1. The van der Waals surface area contributed by atoms with Crippen molar-refractivity contribution in [3.63, 3.8) is 0 Å². The maximum atomic E-state index is 12.6. The molecule has 5 heteroatoms. The fourth-order valence-electron chi connectivity index (χ4n) is 2.83. The normalized spacial score (nSPS) is 11.7. The Morgan fingerprint density at radius 1 is 1.04 bits per heavy atom. The van der Waals surface area contributed by atoms with E-state index in [1.165, 1.54) is 0 Å². The van der Waals surface area contributed by atoms with E-state index < -0.39 is 0 Å². The molecule has 3 nitrogen and oxygen atoms in total. The van der Waals surface area contributed by atoms with Crippen LogP contribution in [0.1, 0.15) is 34.5 Å². The molecule has 0 saturated carbocycles. The van der Waals surface area contributed by atoms with Gasteiger partial charge in [-0.05, 0) is 55.0 Å². The van der Waals surface area contributed by atoms with E-state index in [1.54, 1.807) is 18.9 Å². The molecule has 0 unspecified atom stereocenters. The molecule has 144 valence electrons. The Morgan fingerprint density at radius 3 is 2.39 bits per heavy atom. The van der Waals surface area contributed by atoms with E-state index in [0.717, 1.165) is 32.5 Å². The minimum atomic E-state index is -0.149. The molecule has 3 aromatic carbocycles. The lowest BCUT2D eigenvalue weighted by Crippen LogP contribution is -2.26. The van der Waals surface area contributed by atoms with Crippen molar-refractivity contribution in [3.8, 4) is 5.75 Å². The van der Waals surface area contributed by atoms with Gasteiger partial charge in [-0.3, -0.25) is 4.79 Å². The molecule has 0 radical (unpaired) electrons. The quantitative estimate of drug-likeness (QED) is 0.475. The summed E-state index contributed by atoms with van der Waals surface area (Å²) in [5.74, 6) is 1.50. The number of para-hydroxylation sites is 1. The number of ether oxygens (including phenoxy) is 1. The van der Waals surface area contributed by atoms with Crippen molar-refractivity contribution in [1.29, 1.82) is 0 Å². The number of methoxy groups -OCH3 is 1. The molecule has 28 heavy (non-hydrogen) atoms. The maximum Gasteiger partial charge on any atom is 0.251 e. The first-order valence-electron chi connectivity index (χ1n) is 8.98. The minimum Gasteiger partial charge on any atom is -0.496 e. The van der Waals surface area contributed by atoms with Gasteiger partial charge in [-0.1, -0.05) is 41.9 Å². The standard InChI is InChI=1S/C23H22ClNO2S/c1-16(21-5-3-4-6-22(21)27-2)25-23(26)18-9-7-17(8-10-18)15-28-20-13-11-19(24)12-14-20/h3-14,16H,15H2,1-2H3,(H,25,26)/t16-/m1/s1. The van der Waals surface area contributed by atoms with Gasteiger partial charge in [0, 0.05) is 26.8 Å². The smallest absolute Gasteiger partial charge is 0.251 e. The molecule has 0 saturated heterocycles. The minimum absolute atomic E-state index is 0.102. The van der Waals surface area contributed by atoms with Crippen molar-refractivity contribution in [3.05, 3.63) is 94.5 Å². The predicted octanol–water partition coefficient (Wildman–Crippen LogP) is 6.13. The lowest BCUT2D eigenvalue weighted by Gasteiger charge is -2.17. The summed E-state index contributed by atoms with van der Waals surface area (Å²) in [6, 6.07) is 23.1. The topological polar surface area (TPSA) is 38.3 Å². The molecule has 1 amide bonds. The summed E-state index contributed by atoms with van der Waals surface area (Å²) in [4.78, 5) is 13.7. The number of amides is 1. The lowest BCUT2D eigenvalue weighted by atomic mass is 10.1. The average Bonchev–Trinajstić information content (AvgIpc) is 2.73. The van der Waals surface area contributed by atoms with E-state index in [2.05, 4.69) is 5.32 Å². The molecule has 0 aliphatic heterocycles. The zero-order valence-electron chi connectivity index (χ0n) is 15.8. The van der Waals surface area contributed by atoms with Gasteiger partial charge in [-0.15, -0.1) is 11.8 Å². The van der Waals surface area contributed by atoms with E-state index in [0.29, 0.717) is 5.56 Å². The summed E-state index contributed by atoms with van der Waals surface area (Å²) in [7, 11) is 1.63. The van der Waals surface area contributed by atoms with Crippen LogP contribution in [0.4, 0.5) is 0 Å². The summed E-state index contributed by atoms with van der Waals surface area (Å²) < 4.78 is 5.38. The van der Waals surface area contributed by atoms with Gasteiger partial charge in [0.05, 0.1) is 13.2 Å². The molecule has 0 aliphatic rings. The number of thioether (sulfide) groups is 1. The fourth-order valence-corrected chi connectivity index (χ4v) is 3.81. The number of hydrogen-bond donors (Lipinski definition) is 1. The summed E-state index contributed by atoms with van der Waals surface area (Å²) >= 11 is 7.65. The molecule has 0 bridgehead atoms. The Balaban J connectivity index is 1.59. The first-order valence-corrected chi connectivity index (χ1v) is 10.3. The summed E-state index contributed by atoms with van der Waals surface area (Å²) in [6.45, 7) is 1.95. The van der Waals surface area contributed by atoms with E-state index in [-0.39, 0.29) is 11.9 Å². The third-order valence-corrected chi connectivity index (χ3v) is 5.72. The number of rotatable bonds is 7. The van der Waals surface area contributed by atoms with Crippen molar-refractivity contribution < 1.29 is 9.53 Å². The molecule has 3 aromatic rings. The van der Waals surface area contributed by atoms with Crippen LogP contribution in [0.2, 0.25) is 5.02 Å². The molecular formula is C23H22ClNO2S. The van der Waals surface area contributed by atoms with Crippen LogP contribution in [0.5, 0.6) is 5.75 Å². The van der Waals surface area contributed by atoms with Crippen LogP contribution >= 0.6 is 23.4 Å². The number of hydrogen-bond acceptors (Lipinski definition) is 3. The van der Waals surface area contributed by atoms with Crippen LogP contribution in [-0.4, -0.2) is 13.0 Å². The van der Waals surface area contributed by atoms with Gasteiger partial charge < -0.3 is 10.1 Å². The Bertz CT molecular complexity index is 926. The monoisotopic (exact) mass is 411 g/mol. The average molecular weight is 412 g/mol. The Kier molecular flexibility index (Phi) is 7.01. The summed E-state index contributed by atoms with van der Waals surface area (Å²) in [5, 5.41) is 3.77. The SMILES string of the molecule is COc1ccccc1[C@@H](C)NC(=O)c1ccc(CSc2ccc(Cl)cc2)cc1. The molecule has 0 spiro atoms. The van der Waals surface area contributed by atoms with Gasteiger partial charge >= 0.3 is 0 Å². The first-order chi connectivity index (χ1) is 13.6. The van der Waals surface area contributed by atoms with Crippen LogP contribution in [0, 0.1) is 0 Å². The van der Waals surface area contributed by atoms with E-state index >= 15 is 0 Å². The molecule has 0 heterocycles. The van der Waals surface area contributed by atoms with Gasteiger partial charge in [0.2, 0.25) is 0 Å². The molecule has 1 N–H and O–H groups in total. The Morgan fingerprint density at radius 2 is 1.71 bits per heavy atom. The van der Waals surface area contributed by atoms with Crippen molar-refractivity contribution in [1.82, 2.24) is 5.32 Å². The lowest BCUT2D eigenvalue weighted by molar-refractivity contribution is 0.0939. The van der Waals surface area contributed by atoms with Crippen LogP contribution < -0.4 is 10.1 Å².